The van der Waals surface area contributed by atoms with Gasteiger partial charge in [-0.3, -0.25) is 4.99 Å². The average molecular weight is 504 g/mol. The fourth-order valence-corrected chi connectivity index (χ4v) is 3.31. The van der Waals surface area contributed by atoms with Crippen LogP contribution in [0.3, 0.4) is 0 Å². The topological polar surface area (TPSA) is 56.9 Å². The van der Waals surface area contributed by atoms with Crippen LogP contribution in [0.25, 0.3) is 0 Å². The highest BCUT2D eigenvalue weighted by atomic mass is 127. The number of piperazine rings is 1. The summed E-state index contributed by atoms with van der Waals surface area (Å²) in [5.41, 5.74) is 2.07. The predicted octanol–water partition coefficient (Wildman–Crippen LogP) is 3.97. The first kappa shape index (κ1) is 21.8. The molecule has 1 aromatic carbocycles. The van der Waals surface area contributed by atoms with Gasteiger partial charge in [0, 0.05) is 39.3 Å². The Morgan fingerprint density at radius 1 is 1.26 bits per heavy atom. The number of aromatic nitrogens is 1. The molecule has 0 saturated carbocycles. The second-order valence-corrected chi connectivity index (χ2v) is 7.11. The van der Waals surface area contributed by atoms with Crippen molar-refractivity contribution in [3.63, 3.8) is 0 Å². The molecule has 1 aliphatic rings. The molecule has 0 atom stereocenters. The van der Waals surface area contributed by atoms with E-state index in [1.54, 1.807) is 0 Å². The highest BCUT2D eigenvalue weighted by molar-refractivity contribution is 14.0. The molecule has 2 aromatic rings. The van der Waals surface area contributed by atoms with Crippen molar-refractivity contribution < 1.29 is 4.52 Å². The number of guanidine groups is 1. The lowest BCUT2D eigenvalue weighted by Crippen LogP contribution is -2.52. The largest absolute Gasteiger partial charge is 0.367 e. The molecule has 1 fully saturated rings. The zero-order valence-corrected chi connectivity index (χ0v) is 19.1. The number of halogens is 2. The summed E-state index contributed by atoms with van der Waals surface area (Å²) in [6.07, 6.45) is 0. The molecule has 1 saturated heterocycles. The monoisotopic (exact) mass is 503 g/mol. The summed E-state index contributed by atoms with van der Waals surface area (Å²) in [4.78, 5) is 8.98. The summed E-state index contributed by atoms with van der Waals surface area (Å²) in [6, 6.07) is 9.99. The van der Waals surface area contributed by atoms with Crippen LogP contribution in [-0.2, 0) is 6.54 Å². The van der Waals surface area contributed by atoms with Gasteiger partial charge in [-0.1, -0.05) is 42.7 Å². The van der Waals surface area contributed by atoms with Crippen LogP contribution < -0.4 is 10.2 Å². The number of nitrogens with zero attached hydrogens (tertiary/aromatic N) is 4. The predicted molar refractivity (Wildman–Crippen MR) is 121 cm³/mol. The minimum Gasteiger partial charge on any atom is -0.367 e. The van der Waals surface area contributed by atoms with Gasteiger partial charge in [-0.15, -0.1) is 24.0 Å². The van der Waals surface area contributed by atoms with E-state index in [0.717, 1.165) is 54.3 Å². The first-order valence-electron chi connectivity index (χ1n) is 8.99. The maximum Gasteiger partial charge on any atom is 0.194 e. The van der Waals surface area contributed by atoms with Crippen molar-refractivity contribution in [2.75, 3.05) is 38.1 Å². The van der Waals surface area contributed by atoms with Crippen molar-refractivity contribution >= 4 is 47.2 Å². The average Bonchev–Trinajstić information content (AvgIpc) is 3.13. The summed E-state index contributed by atoms with van der Waals surface area (Å²) in [5, 5.41) is 8.27. The van der Waals surface area contributed by atoms with Crippen LogP contribution in [0.5, 0.6) is 0 Å². The zero-order chi connectivity index (χ0) is 18.5. The van der Waals surface area contributed by atoms with Crippen LogP contribution in [-0.4, -0.2) is 49.2 Å². The fraction of sp³-hybridized carbons (Fsp3) is 0.474. The number of para-hydroxylation sites is 1. The third-order valence-corrected chi connectivity index (χ3v) is 4.89. The second-order valence-electron chi connectivity index (χ2n) is 6.70. The van der Waals surface area contributed by atoms with Crippen molar-refractivity contribution in [3.05, 3.63) is 46.8 Å². The summed E-state index contributed by atoms with van der Waals surface area (Å²) in [6.45, 7) is 8.38. The fourth-order valence-electron chi connectivity index (χ4n) is 3.05. The second kappa shape index (κ2) is 10.2. The van der Waals surface area contributed by atoms with Crippen LogP contribution in [0.15, 0.2) is 39.8 Å². The van der Waals surface area contributed by atoms with Gasteiger partial charge in [0.25, 0.3) is 0 Å². The number of rotatable bonds is 4. The van der Waals surface area contributed by atoms with E-state index >= 15 is 0 Å². The molecule has 3 rings (SSSR count). The lowest BCUT2D eigenvalue weighted by Gasteiger charge is -2.37. The molecular formula is C19H27ClIN5O. The normalized spacial score (nSPS) is 15.1. The molecule has 1 aliphatic heterocycles. The number of hydrogen-bond acceptors (Lipinski definition) is 4. The number of nitrogens with one attached hydrogen (secondary N) is 1. The first-order valence-corrected chi connectivity index (χ1v) is 9.37. The van der Waals surface area contributed by atoms with E-state index in [2.05, 4.69) is 45.2 Å². The van der Waals surface area contributed by atoms with E-state index in [1.165, 1.54) is 0 Å². The zero-order valence-electron chi connectivity index (χ0n) is 16.0. The van der Waals surface area contributed by atoms with Gasteiger partial charge in [0.1, 0.15) is 0 Å². The quantitative estimate of drug-likeness (QED) is 0.389. The highest BCUT2D eigenvalue weighted by Gasteiger charge is 2.21. The molecule has 1 aromatic heterocycles. The van der Waals surface area contributed by atoms with Crippen LogP contribution >= 0.6 is 35.6 Å². The molecule has 0 unspecified atom stereocenters. The van der Waals surface area contributed by atoms with Gasteiger partial charge >= 0.3 is 0 Å². The molecule has 0 spiro atoms. The molecule has 6 nitrogen and oxygen atoms in total. The SMILES string of the molecule is CN=C(NCc1cc(C(C)C)no1)N1CCN(c2ccccc2Cl)CC1.I. The van der Waals surface area contributed by atoms with Crippen LogP contribution in [0.4, 0.5) is 5.69 Å². The Kier molecular flexibility index (Phi) is 8.22. The van der Waals surface area contributed by atoms with Gasteiger partial charge in [-0.2, -0.15) is 0 Å². The van der Waals surface area contributed by atoms with Crippen molar-refractivity contribution in [2.45, 2.75) is 26.3 Å². The molecule has 0 aliphatic carbocycles. The number of hydrogen-bond donors (Lipinski definition) is 1. The standard InChI is InChI=1S/C19H26ClN5O.HI/c1-14(2)17-12-15(26-23-17)13-22-19(21-3)25-10-8-24(9-11-25)18-7-5-4-6-16(18)20;/h4-7,12,14H,8-11,13H2,1-3H3,(H,21,22);1H. The van der Waals surface area contributed by atoms with E-state index in [4.69, 9.17) is 16.1 Å². The molecule has 8 heteroatoms. The van der Waals surface area contributed by atoms with Gasteiger partial charge in [0.15, 0.2) is 11.7 Å². The lowest BCUT2D eigenvalue weighted by molar-refractivity contribution is 0.355. The Balaban J connectivity index is 0.00000261. The molecule has 2 heterocycles. The summed E-state index contributed by atoms with van der Waals surface area (Å²) in [7, 11) is 1.81. The minimum atomic E-state index is 0. The third kappa shape index (κ3) is 5.51. The van der Waals surface area contributed by atoms with Gasteiger partial charge < -0.3 is 19.6 Å². The molecule has 0 radical (unpaired) electrons. The highest BCUT2D eigenvalue weighted by Crippen LogP contribution is 2.26. The lowest BCUT2D eigenvalue weighted by atomic mass is 10.1. The van der Waals surface area contributed by atoms with Crippen molar-refractivity contribution in [1.29, 1.82) is 0 Å². The van der Waals surface area contributed by atoms with Gasteiger partial charge in [0.2, 0.25) is 0 Å². The minimum absolute atomic E-state index is 0. The van der Waals surface area contributed by atoms with Crippen molar-refractivity contribution in [3.8, 4) is 0 Å². The molecule has 0 amide bonds. The van der Waals surface area contributed by atoms with E-state index in [1.807, 2.05) is 31.3 Å². The summed E-state index contributed by atoms with van der Waals surface area (Å²) >= 11 is 6.32. The Morgan fingerprint density at radius 3 is 2.56 bits per heavy atom. The molecule has 27 heavy (non-hydrogen) atoms. The van der Waals surface area contributed by atoms with Crippen LogP contribution in [0.1, 0.15) is 31.2 Å². The van der Waals surface area contributed by atoms with Crippen molar-refractivity contribution in [2.24, 2.45) is 4.99 Å². The molecule has 1 N–H and O–H groups in total. The number of benzene rings is 1. The third-order valence-electron chi connectivity index (χ3n) is 4.57. The Morgan fingerprint density at radius 2 is 1.96 bits per heavy atom. The summed E-state index contributed by atoms with van der Waals surface area (Å²) in [5.74, 6) is 2.07. The maximum atomic E-state index is 6.32. The Bertz CT molecular complexity index is 756. The van der Waals surface area contributed by atoms with Crippen LogP contribution in [0.2, 0.25) is 5.02 Å². The Labute approximate surface area is 183 Å². The van der Waals surface area contributed by atoms with E-state index < -0.39 is 0 Å². The number of aliphatic imine (C=N–C) groups is 1. The smallest absolute Gasteiger partial charge is 0.194 e. The van der Waals surface area contributed by atoms with E-state index in [9.17, 15) is 0 Å². The van der Waals surface area contributed by atoms with Crippen LogP contribution in [0, 0.1) is 0 Å². The first-order chi connectivity index (χ1) is 12.6. The van der Waals surface area contributed by atoms with Gasteiger partial charge in [-0.25, -0.2) is 0 Å². The molecular weight excluding hydrogens is 477 g/mol. The van der Waals surface area contributed by atoms with Crippen molar-refractivity contribution in [1.82, 2.24) is 15.4 Å². The van der Waals surface area contributed by atoms with Gasteiger partial charge in [0.05, 0.1) is 22.9 Å². The molecule has 0 bridgehead atoms. The Hall–Kier alpha value is -1.48. The van der Waals surface area contributed by atoms with Gasteiger partial charge in [-0.05, 0) is 18.1 Å². The van der Waals surface area contributed by atoms with E-state index in [-0.39, 0.29) is 24.0 Å². The maximum absolute atomic E-state index is 6.32. The summed E-state index contributed by atoms with van der Waals surface area (Å²) < 4.78 is 5.39. The molecule has 148 valence electrons. The number of anilines is 1. The van der Waals surface area contributed by atoms with E-state index in [0.29, 0.717) is 12.5 Å².